The van der Waals surface area contributed by atoms with Crippen molar-refractivity contribution in [3.63, 3.8) is 0 Å². The summed E-state index contributed by atoms with van der Waals surface area (Å²) in [5.41, 5.74) is -0.120. The molecule has 1 saturated heterocycles. The first-order chi connectivity index (χ1) is 15.4. The minimum atomic E-state index is -0.693. The molecule has 4 fully saturated rings. The van der Waals surface area contributed by atoms with Gasteiger partial charge in [-0.2, -0.15) is 0 Å². The van der Waals surface area contributed by atoms with E-state index in [0.717, 1.165) is 70.0 Å². The standard InChI is InChI=1S/C23H37N3O5S/c27-21(18-7-3-1-5-16(18)17-6-2-4-8-19(17)22(28)29)25-23-24-20(13-32-23)14-9-11-15(12-10-14)26(30)31/h14-20,23-24H,1-13H2,(H,25,27)(H,28,29). The number of hydrogen-bond acceptors (Lipinski definition) is 6. The van der Waals surface area contributed by atoms with Crippen LogP contribution in [0.4, 0.5) is 0 Å². The Bertz CT molecular complexity index is 699. The Kier molecular flexibility index (Phi) is 7.97. The van der Waals surface area contributed by atoms with Crippen LogP contribution in [-0.2, 0) is 9.59 Å². The van der Waals surface area contributed by atoms with Crippen LogP contribution >= 0.6 is 11.8 Å². The molecule has 3 N–H and O–H groups in total. The highest BCUT2D eigenvalue weighted by Gasteiger charge is 2.43. The SMILES string of the molecule is O=C(O)C1CCCCC1C1CCCCC1C(=O)NC1NC(C2CCC([N+](=O)[O-])CC2)CS1. The monoisotopic (exact) mass is 467 g/mol. The van der Waals surface area contributed by atoms with Gasteiger partial charge < -0.3 is 10.4 Å². The molecule has 1 heterocycles. The third-order valence-corrected chi connectivity index (χ3v) is 9.67. The summed E-state index contributed by atoms with van der Waals surface area (Å²) < 4.78 is 0. The number of amides is 1. The van der Waals surface area contributed by atoms with Crippen molar-refractivity contribution in [3.8, 4) is 0 Å². The molecule has 3 saturated carbocycles. The van der Waals surface area contributed by atoms with E-state index in [2.05, 4.69) is 10.6 Å². The van der Waals surface area contributed by atoms with Crippen molar-refractivity contribution >= 4 is 23.6 Å². The van der Waals surface area contributed by atoms with Crippen molar-refractivity contribution in [3.05, 3.63) is 10.1 Å². The van der Waals surface area contributed by atoms with Crippen LogP contribution in [0, 0.1) is 39.7 Å². The molecule has 8 nitrogen and oxygen atoms in total. The summed E-state index contributed by atoms with van der Waals surface area (Å²) in [5, 5.41) is 27.5. The van der Waals surface area contributed by atoms with Crippen LogP contribution in [-0.4, -0.2) is 45.2 Å². The summed E-state index contributed by atoms with van der Waals surface area (Å²) in [4.78, 5) is 36.0. The van der Waals surface area contributed by atoms with Crippen LogP contribution in [0.2, 0.25) is 0 Å². The second-order valence-corrected chi connectivity index (χ2v) is 11.4. The number of aliphatic carboxylic acids is 1. The van der Waals surface area contributed by atoms with Gasteiger partial charge in [-0.05, 0) is 56.3 Å². The van der Waals surface area contributed by atoms with Crippen LogP contribution in [0.25, 0.3) is 0 Å². The molecule has 1 amide bonds. The Morgan fingerprint density at radius 2 is 1.50 bits per heavy atom. The normalized spacial score (nSPS) is 40.5. The van der Waals surface area contributed by atoms with Crippen molar-refractivity contribution in [2.75, 3.05) is 5.75 Å². The fraction of sp³-hybridized carbons (Fsp3) is 0.913. The second-order valence-electron chi connectivity index (χ2n) is 10.3. The zero-order valence-corrected chi connectivity index (χ0v) is 19.6. The van der Waals surface area contributed by atoms with Crippen molar-refractivity contribution in [2.45, 2.75) is 94.6 Å². The lowest BCUT2D eigenvalue weighted by Gasteiger charge is -2.41. The highest BCUT2D eigenvalue weighted by Crippen LogP contribution is 2.44. The molecule has 0 aromatic rings. The lowest BCUT2D eigenvalue weighted by molar-refractivity contribution is -0.527. The first kappa shape index (κ1) is 23.8. The molecule has 4 aliphatic rings. The Hall–Kier alpha value is -1.35. The zero-order valence-electron chi connectivity index (χ0n) is 18.7. The van der Waals surface area contributed by atoms with Gasteiger partial charge in [-0.1, -0.05) is 25.7 Å². The highest BCUT2D eigenvalue weighted by molar-refractivity contribution is 8.00. The minimum Gasteiger partial charge on any atom is -0.481 e. The maximum atomic E-state index is 13.3. The number of nitrogens with one attached hydrogen (secondary N) is 2. The number of carbonyl (C=O) groups is 2. The summed E-state index contributed by atoms with van der Waals surface area (Å²) >= 11 is 1.71. The summed E-state index contributed by atoms with van der Waals surface area (Å²) in [6.07, 6.45) is 10.7. The number of rotatable bonds is 6. The number of hydrogen-bond donors (Lipinski definition) is 3. The van der Waals surface area contributed by atoms with Crippen LogP contribution in [0.1, 0.15) is 77.0 Å². The van der Waals surface area contributed by atoms with E-state index in [1.807, 2.05) is 0 Å². The number of nitro groups is 1. The summed E-state index contributed by atoms with van der Waals surface area (Å²) in [6.45, 7) is 0. The molecular weight excluding hydrogens is 430 g/mol. The Balaban J connectivity index is 1.32. The third kappa shape index (κ3) is 5.41. The van der Waals surface area contributed by atoms with E-state index >= 15 is 0 Å². The number of carboxylic acid groups (broad SMARTS) is 1. The average Bonchev–Trinajstić information content (AvgIpc) is 3.27. The first-order valence-corrected chi connectivity index (χ1v) is 13.5. The van der Waals surface area contributed by atoms with Crippen molar-refractivity contribution in [2.24, 2.45) is 29.6 Å². The fourth-order valence-corrected chi connectivity index (χ4v) is 8.01. The van der Waals surface area contributed by atoms with Gasteiger partial charge in [0.2, 0.25) is 11.9 Å². The lowest BCUT2D eigenvalue weighted by atomic mass is 9.64. The molecule has 180 valence electrons. The maximum absolute atomic E-state index is 13.3. The Morgan fingerprint density at radius 1 is 0.906 bits per heavy atom. The Morgan fingerprint density at radius 3 is 2.12 bits per heavy atom. The van der Waals surface area contributed by atoms with E-state index in [1.165, 1.54) is 0 Å². The van der Waals surface area contributed by atoms with Gasteiger partial charge in [0.05, 0.1) is 5.92 Å². The molecule has 4 rings (SSSR count). The molecular formula is C23H37N3O5S. The molecule has 0 radical (unpaired) electrons. The van der Waals surface area contributed by atoms with Crippen molar-refractivity contribution < 1.29 is 19.6 Å². The molecule has 32 heavy (non-hydrogen) atoms. The molecule has 1 aliphatic heterocycles. The van der Waals surface area contributed by atoms with Crippen LogP contribution < -0.4 is 10.6 Å². The van der Waals surface area contributed by atoms with E-state index in [-0.39, 0.29) is 46.0 Å². The average molecular weight is 468 g/mol. The van der Waals surface area contributed by atoms with E-state index in [9.17, 15) is 24.8 Å². The Labute approximate surface area is 194 Å². The lowest BCUT2D eigenvalue weighted by Crippen LogP contribution is -2.50. The van der Waals surface area contributed by atoms with Gasteiger partial charge in [-0.3, -0.25) is 25.0 Å². The summed E-state index contributed by atoms with van der Waals surface area (Å²) in [6, 6.07) is -0.108. The van der Waals surface area contributed by atoms with Crippen molar-refractivity contribution in [1.82, 2.24) is 10.6 Å². The molecule has 6 unspecified atom stereocenters. The van der Waals surface area contributed by atoms with E-state index < -0.39 is 12.0 Å². The molecule has 9 heteroatoms. The molecule has 0 spiro atoms. The van der Waals surface area contributed by atoms with Gasteiger partial charge in [0.15, 0.2) is 0 Å². The third-order valence-electron chi connectivity index (χ3n) is 8.53. The predicted octanol–water partition coefficient (Wildman–Crippen LogP) is 3.62. The minimum absolute atomic E-state index is 0.0760. The van der Waals surface area contributed by atoms with Crippen molar-refractivity contribution in [1.29, 1.82) is 0 Å². The molecule has 0 bridgehead atoms. The summed E-state index contributed by atoms with van der Waals surface area (Å²) in [7, 11) is 0. The van der Waals surface area contributed by atoms with Gasteiger partial charge in [-0.25, -0.2) is 0 Å². The first-order valence-electron chi connectivity index (χ1n) is 12.5. The smallest absolute Gasteiger partial charge is 0.306 e. The van der Waals surface area contributed by atoms with Gasteiger partial charge in [0.1, 0.15) is 5.50 Å². The highest BCUT2D eigenvalue weighted by atomic mass is 32.2. The largest absolute Gasteiger partial charge is 0.481 e. The summed E-state index contributed by atoms with van der Waals surface area (Å²) in [5.74, 6) is 0.619. The van der Waals surface area contributed by atoms with E-state index in [1.54, 1.807) is 11.8 Å². The van der Waals surface area contributed by atoms with Gasteiger partial charge in [0.25, 0.3) is 0 Å². The van der Waals surface area contributed by atoms with E-state index in [0.29, 0.717) is 18.8 Å². The van der Waals surface area contributed by atoms with E-state index in [4.69, 9.17) is 0 Å². The van der Waals surface area contributed by atoms with Gasteiger partial charge in [-0.15, -0.1) is 11.8 Å². The van der Waals surface area contributed by atoms with Gasteiger partial charge in [0, 0.05) is 35.5 Å². The van der Waals surface area contributed by atoms with Crippen LogP contribution in [0.5, 0.6) is 0 Å². The predicted molar refractivity (Wildman–Crippen MR) is 123 cm³/mol. The number of carboxylic acids is 1. The van der Waals surface area contributed by atoms with Crippen LogP contribution in [0.15, 0.2) is 0 Å². The second kappa shape index (κ2) is 10.7. The van der Waals surface area contributed by atoms with Gasteiger partial charge >= 0.3 is 5.97 Å². The maximum Gasteiger partial charge on any atom is 0.306 e. The fourth-order valence-electron chi connectivity index (χ4n) is 6.77. The number of thioether (sulfide) groups is 1. The zero-order chi connectivity index (χ0) is 22.7. The number of carbonyl (C=O) groups excluding carboxylic acids is 1. The molecule has 3 aliphatic carbocycles. The topological polar surface area (TPSA) is 122 Å². The molecule has 6 atom stereocenters. The molecule has 0 aromatic carbocycles. The molecule has 0 aromatic heterocycles. The van der Waals surface area contributed by atoms with Crippen LogP contribution in [0.3, 0.4) is 0 Å². The quantitative estimate of drug-likeness (QED) is 0.403. The number of nitrogens with zero attached hydrogens (tertiary/aromatic N) is 1.